The molecule has 3 atom stereocenters. The van der Waals surface area contributed by atoms with Crippen LogP contribution in [-0.4, -0.2) is 66.6 Å². The van der Waals surface area contributed by atoms with Crippen LogP contribution >= 0.6 is 0 Å². The molecule has 13 heteroatoms. The van der Waals surface area contributed by atoms with Crippen LogP contribution in [0.3, 0.4) is 0 Å². The summed E-state index contributed by atoms with van der Waals surface area (Å²) >= 11 is 0. The summed E-state index contributed by atoms with van der Waals surface area (Å²) in [6.07, 6.45) is 2.77. The molecular weight excluding hydrogens is 572 g/mol. The van der Waals surface area contributed by atoms with Crippen molar-refractivity contribution in [2.24, 2.45) is 0 Å². The fourth-order valence-electron chi connectivity index (χ4n) is 5.13. The maximum absolute atomic E-state index is 13.3. The molecule has 4 rings (SSSR count). The van der Waals surface area contributed by atoms with Gasteiger partial charge in [-0.1, -0.05) is 42.5 Å². The van der Waals surface area contributed by atoms with Crippen molar-refractivity contribution in [2.45, 2.75) is 76.5 Å². The third kappa shape index (κ3) is 8.41. The number of carboxylic acids is 1. The molecule has 43 heavy (non-hydrogen) atoms. The number of benzene rings is 2. The highest BCUT2D eigenvalue weighted by atomic mass is 32.2. The van der Waals surface area contributed by atoms with Crippen LogP contribution in [0.2, 0.25) is 0 Å². The molecule has 1 aromatic heterocycles. The molecule has 0 aliphatic carbocycles. The fourth-order valence-corrected chi connectivity index (χ4v) is 6.77. The summed E-state index contributed by atoms with van der Waals surface area (Å²) in [5.41, 5.74) is 7.48. The number of H-pyrrole nitrogens is 1. The number of hydrogen-bond acceptors (Lipinski definition) is 8. The lowest BCUT2D eigenvalue weighted by Gasteiger charge is -2.19. The van der Waals surface area contributed by atoms with Crippen molar-refractivity contribution in [3.05, 3.63) is 65.0 Å². The third-order valence-corrected chi connectivity index (χ3v) is 9.25. The van der Waals surface area contributed by atoms with Gasteiger partial charge in [0.2, 0.25) is 21.9 Å². The maximum Gasteiger partial charge on any atom is 0.323 e. The Morgan fingerprint density at radius 1 is 1.07 bits per heavy atom. The molecule has 0 bridgehead atoms. The van der Waals surface area contributed by atoms with Crippen LogP contribution in [0.4, 0.5) is 5.95 Å². The zero-order chi connectivity index (χ0) is 31.1. The zero-order valence-corrected chi connectivity index (χ0v) is 25.7. The van der Waals surface area contributed by atoms with Crippen LogP contribution in [0.1, 0.15) is 48.2 Å². The van der Waals surface area contributed by atoms with E-state index in [1.165, 1.54) is 0 Å². The van der Waals surface area contributed by atoms with E-state index in [2.05, 4.69) is 30.8 Å². The number of aryl methyl sites for hydroxylation is 4. The van der Waals surface area contributed by atoms with E-state index in [9.17, 15) is 23.1 Å². The van der Waals surface area contributed by atoms with E-state index in [4.69, 9.17) is 4.84 Å². The second-order valence-electron chi connectivity index (χ2n) is 10.9. The van der Waals surface area contributed by atoms with E-state index in [1.807, 2.05) is 44.2 Å². The number of rotatable bonds is 14. The number of nitrogens with one attached hydrogen (secondary N) is 5. The van der Waals surface area contributed by atoms with Crippen molar-refractivity contribution in [3.8, 4) is 11.1 Å². The van der Waals surface area contributed by atoms with Crippen LogP contribution < -0.4 is 20.8 Å². The van der Waals surface area contributed by atoms with E-state index in [0.717, 1.165) is 54.3 Å². The van der Waals surface area contributed by atoms with Crippen molar-refractivity contribution in [2.75, 3.05) is 18.4 Å². The van der Waals surface area contributed by atoms with Crippen molar-refractivity contribution < 1.29 is 28.0 Å². The minimum atomic E-state index is -4.21. The Morgan fingerprint density at radius 3 is 2.40 bits per heavy atom. The van der Waals surface area contributed by atoms with Gasteiger partial charge < -0.3 is 20.7 Å². The number of hydrogen-bond donors (Lipinski definition) is 6. The topological polar surface area (TPSA) is 175 Å². The Labute approximate surface area is 252 Å². The summed E-state index contributed by atoms with van der Waals surface area (Å²) in [5, 5.41) is 15.5. The zero-order valence-electron chi connectivity index (χ0n) is 24.9. The van der Waals surface area contributed by atoms with Crippen molar-refractivity contribution in [1.82, 2.24) is 25.5 Å². The molecule has 3 unspecified atom stereocenters. The highest BCUT2D eigenvalue weighted by molar-refractivity contribution is 7.89. The first-order chi connectivity index (χ1) is 20.4. The molecule has 2 aromatic carbocycles. The molecule has 2 heterocycles. The Bertz CT molecular complexity index is 1500. The highest BCUT2D eigenvalue weighted by Gasteiger charge is 2.33. The van der Waals surface area contributed by atoms with Gasteiger partial charge in [-0.25, -0.2) is 13.4 Å². The molecule has 3 aromatic rings. The number of unbranched alkanes of at least 4 members (excludes halogenated alkanes) is 1. The first kappa shape index (κ1) is 32.1. The number of aliphatic carboxylic acids is 1. The van der Waals surface area contributed by atoms with E-state index >= 15 is 0 Å². The normalized spacial score (nSPS) is 17.5. The van der Waals surface area contributed by atoms with Crippen LogP contribution in [-0.2, 0) is 24.4 Å². The minimum Gasteiger partial charge on any atom is -0.480 e. The van der Waals surface area contributed by atoms with Gasteiger partial charge in [-0.05, 0) is 69.2 Å². The average Bonchev–Trinajstić information content (AvgIpc) is 3.56. The summed E-state index contributed by atoms with van der Waals surface area (Å²) in [6, 6.07) is 10.8. The SMILES string of the molecule is Cc1cc(-c2ccccc2)cc(C)c1S(=O)(=O)NC(CNC(=O)C1CC(CCCCNc2nc(C)c(C)[nH]2)ON1)C(=O)O. The molecule has 232 valence electrons. The molecule has 1 aliphatic heterocycles. The Kier molecular flexibility index (Phi) is 10.6. The lowest BCUT2D eigenvalue weighted by molar-refractivity contribution is -0.139. The first-order valence-corrected chi connectivity index (χ1v) is 15.8. The lowest BCUT2D eigenvalue weighted by atomic mass is 10.0. The molecule has 1 fully saturated rings. The summed E-state index contributed by atoms with van der Waals surface area (Å²) in [7, 11) is -4.21. The molecule has 0 radical (unpaired) electrons. The highest BCUT2D eigenvalue weighted by Crippen LogP contribution is 2.28. The number of nitrogens with zero attached hydrogens (tertiary/aromatic N) is 1. The molecule has 1 aliphatic rings. The summed E-state index contributed by atoms with van der Waals surface area (Å²) in [6.45, 7) is 7.59. The van der Waals surface area contributed by atoms with E-state index < -0.39 is 40.5 Å². The minimum absolute atomic E-state index is 0.0167. The van der Waals surface area contributed by atoms with Gasteiger partial charge in [-0.2, -0.15) is 10.2 Å². The van der Waals surface area contributed by atoms with Gasteiger partial charge in [0.25, 0.3) is 0 Å². The Balaban J connectivity index is 1.26. The smallest absolute Gasteiger partial charge is 0.323 e. The number of aromatic nitrogens is 2. The average molecular weight is 613 g/mol. The molecule has 6 N–H and O–H groups in total. The number of carboxylic acid groups (broad SMARTS) is 1. The number of anilines is 1. The van der Waals surface area contributed by atoms with Gasteiger partial charge in [0.15, 0.2) is 0 Å². The van der Waals surface area contributed by atoms with Gasteiger partial charge in [-0.3, -0.25) is 14.4 Å². The number of carbonyl (C=O) groups excluding carboxylic acids is 1. The molecular formula is C30H40N6O6S. The lowest BCUT2D eigenvalue weighted by Crippen LogP contribution is -2.51. The number of imidazole rings is 1. The maximum atomic E-state index is 13.3. The summed E-state index contributed by atoms with van der Waals surface area (Å²) in [4.78, 5) is 37.8. The largest absolute Gasteiger partial charge is 0.480 e. The van der Waals surface area contributed by atoms with Crippen LogP contribution in [0.25, 0.3) is 11.1 Å². The van der Waals surface area contributed by atoms with Crippen molar-refractivity contribution in [3.63, 3.8) is 0 Å². The van der Waals surface area contributed by atoms with E-state index in [1.54, 1.807) is 26.0 Å². The fraction of sp³-hybridized carbons (Fsp3) is 0.433. The van der Waals surface area contributed by atoms with Crippen LogP contribution in [0, 0.1) is 27.7 Å². The Hall–Kier alpha value is -3.78. The van der Waals surface area contributed by atoms with Crippen molar-refractivity contribution in [1.29, 1.82) is 0 Å². The summed E-state index contributed by atoms with van der Waals surface area (Å²) in [5.74, 6) is -1.11. The van der Waals surface area contributed by atoms with Gasteiger partial charge >= 0.3 is 5.97 Å². The third-order valence-electron chi connectivity index (χ3n) is 7.48. The summed E-state index contributed by atoms with van der Waals surface area (Å²) < 4.78 is 28.8. The number of sulfonamides is 1. The second kappa shape index (κ2) is 14.1. The monoisotopic (exact) mass is 612 g/mol. The molecule has 12 nitrogen and oxygen atoms in total. The number of amides is 1. The number of carbonyl (C=O) groups is 2. The van der Waals surface area contributed by atoms with Crippen molar-refractivity contribution >= 4 is 27.8 Å². The standard InChI is InChI=1S/C30H40N6O6S/c1-18-14-23(22-10-6-5-7-11-22)15-19(2)27(18)43(40,41)36-26(29(38)39)17-32-28(37)25-16-24(42-35-25)12-8-9-13-31-30-33-20(3)21(4)34-30/h5-7,10-11,14-15,24-26,35-36H,8-9,12-13,16-17H2,1-4H3,(H,32,37)(H,38,39)(H2,31,33,34). The Morgan fingerprint density at radius 2 is 1.77 bits per heavy atom. The van der Waals surface area contributed by atoms with Gasteiger partial charge in [-0.15, -0.1) is 0 Å². The predicted octanol–water partition coefficient (Wildman–Crippen LogP) is 3.10. The molecule has 0 saturated carbocycles. The van der Waals surface area contributed by atoms with Crippen LogP contribution in [0.15, 0.2) is 47.4 Å². The van der Waals surface area contributed by atoms with Gasteiger partial charge in [0.1, 0.15) is 12.1 Å². The molecule has 0 spiro atoms. The van der Waals surface area contributed by atoms with E-state index in [-0.39, 0.29) is 11.0 Å². The van der Waals surface area contributed by atoms with Gasteiger partial charge in [0, 0.05) is 25.2 Å². The molecule has 1 amide bonds. The second-order valence-corrected chi connectivity index (χ2v) is 12.6. The number of aromatic amines is 1. The predicted molar refractivity (Wildman–Crippen MR) is 163 cm³/mol. The number of hydroxylamine groups is 1. The first-order valence-electron chi connectivity index (χ1n) is 14.3. The van der Waals surface area contributed by atoms with E-state index in [0.29, 0.717) is 17.5 Å². The quantitative estimate of drug-likeness (QED) is 0.150. The van der Waals surface area contributed by atoms with Crippen LogP contribution in [0.5, 0.6) is 0 Å². The molecule has 1 saturated heterocycles. The van der Waals surface area contributed by atoms with Gasteiger partial charge in [0.05, 0.1) is 16.7 Å².